The van der Waals surface area contributed by atoms with Crippen molar-refractivity contribution in [1.29, 1.82) is 0 Å². The number of anilines is 1. The summed E-state index contributed by atoms with van der Waals surface area (Å²) in [5.74, 6) is -0.395. The van der Waals surface area contributed by atoms with Gasteiger partial charge in [0.05, 0.1) is 12.1 Å². The van der Waals surface area contributed by atoms with E-state index in [1.54, 1.807) is 16.7 Å². The van der Waals surface area contributed by atoms with E-state index in [4.69, 9.17) is 5.73 Å². The highest BCUT2D eigenvalue weighted by Crippen LogP contribution is 2.15. The Hall–Kier alpha value is -2.62. The predicted molar refractivity (Wildman–Crippen MR) is 78.1 cm³/mol. The van der Waals surface area contributed by atoms with Crippen molar-refractivity contribution in [3.63, 3.8) is 0 Å². The Morgan fingerprint density at radius 1 is 1.05 bits per heavy atom. The summed E-state index contributed by atoms with van der Waals surface area (Å²) >= 11 is 0. The molecule has 20 heavy (non-hydrogen) atoms. The molecule has 0 aliphatic rings. The van der Waals surface area contributed by atoms with Crippen LogP contribution in [0.25, 0.3) is 10.9 Å². The standard InChI is InChI=1S/C16H13FN2O/c17-13-7-11(8-14(18)9-13)10-19-15-4-2-1-3-12(15)5-6-16(19)20/h1-9H,10,18H2. The van der Waals surface area contributed by atoms with E-state index in [-0.39, 0.29) is 5.56 Å². The molecule has 2 N–H and O–H groups in total. The van der Waals surface area contributed by atoms with Crippen molar-refractivity contribution in [2.24, 2.45) is 0 Å². The van der Waals surface area contributed by atoms with Crippen LogP contribution in [0.15, 0.2) is 59.4 Å². The quantitative estimate of drug-likeness (QED) is 0.726. The largest absolute Gasteiger partial charge is 0.399 e. The van der Waals surface area contributed by atoms with E-state index in [1.165, 1.54) is 18.2 Å². The Kier molecular flexibility index (Phi) is 2.99. The van der Waals surface area contributed by atoms with Crippen LogP contribution in [0.3, 0.4) is 0 Å². The first-order valence-electron chi connectivity index (χ1n) is 6.27. The van der Waals surface area contributed by atoms with Crippen molar-refractivity contribution >= 4 is 16.6 Å². The van der Waals surface area contributed by atoms with Crippen LogP contribution in [0.2, 0.25) is 0 Å². The van der Waals surface area contributed by atoms with Gasteiger partial charge in [-0.05, 0) is 41.3 Å². The smallest absolute Gasteiger partial charge is 0.251 e. The Morgan fingerprint density at radius 2 is 1.85 bits per heavy atom. The predicted octanol–water partition coefficient (Wildman–Crippen LogP) is 2.77. The number of pyridine rings is 1. The molecule has 0 aliphatic carbocycles. The van der Waals surface area contributed by atoms with Crippen molar-refractivity contribution < 1.29 is 4.39 Å². The van der Waals surface area contributed by atoms with Gasteiger partial charge in [-0.3, -0.25) is 4.79 Å². The van der Waals surface area contributed by atoms with Gasteiger partial charge in [0.25, 0.3) is 5.56 Å². The van der Waals surface area contributed by atoms with Crippen LogP contribution in [-0.2, 0) is 6.54 Å². The molecule has 3 nitrogen and oxygen atoms in total. The zero-order valence-electron chi connectivity index (χ0n) is 10.7. The third-order valence-corrected chi connectivity index (χ3v) is 3.22. The van der Waals surface area contributed by atoms with Crippen LogP contribution in [0, 0.1) is 5.82 Å². The number of halogens is 1. The summed E-state index contributed by atoms with van der Waals surface area (Å²) in [7, 11) is 0. The summed E-state index contributed by atoms with van der Waals surface area (Å²) in [6, 6.07) is 15.2. The SMILES string of the molecule is Nc1cc(F)cc(Cn2c(=O)ccc3ccccc32)c1. The van der Waals surface area contributed by atoms with Crippen molar-refractivity contribution in [2.45, 2.75) is 6.54 Å². The number of nitrogens with zero attached hydrogens (tertiary/aromatic N) is 1. The van der Waals surface area contributed by atoms with Gasteiger partial charge in [-0.2, -0.15) is 0 Å². The molecule has 4 heteroatoms. The Morgan fingerprint density at radius 3 is 2.65 bits per heavy atom. The van der Waals surface area contributed by atoms with Gasteiger partial charge in [0.15, 0.2) is 0 Å². The molecule has 0 saturated heterocycles. The zero-order valence-corrected chi connectivity index (χ0v) is 10.7. The number of fused-ring (bicyclic) bond motifs is 1. The van der Waals surface area contributed by atoms with Gasteiger partial charge in [0.1, 0.15) is 5.82 Å². The summed E-state index contributed by atoms with van der Waals surface area (Å²) < 4.78 is 15.0. The number of nitrogen functional groups attached to an aromatic ring is 1. The second-order valence-corrected chi connectivity index (χ2v) is 4.71. The summed E-state index contributed by atoms with van der Waals surface area (Å²) in [6.45, 7) is 0.294. The maximum atomic E-state index is 13.4. The van der Waals surface area contributed by atoms with Crippen molar-refractivity contribution in [3.05, 3.63) is 76.3 Å². The fraction of sp³-hybridized carbons (Fsp3) is 0.0625. The first-order chi connectivity index (χ1) is 9.63. The van der Waals surface area contributed by atoms with Gasteiger partial charge in [0, 0.05) is 11.8 Å². The topological polar surface area (TPSA) is 48.0 Å². The van der Waals surface area contributed by atoms with Crippen LogP contribution >= 0.6 is 0 Å². The van der Waals surface area contributed by atoms with Crippen molar-refractivity contribution in [1.82, 2.24) is 4.57 Å². The van der Waals surface area contributed by atoms with E-state index in [9.17, 15) is 9.18 Å². The summed E-state index contributed by atoms with van der Waals surface area (Å²) in [5, 5.41) is 0.969. The molecule has 1 heterocycles. The molecule has 2 aromatic carbocycles. The first-order valence-corrected chi connectivity index (χ1v) is 6.27. The Balaban J connectivity index is 2.15. The molecule has 3 aromatic rings. The molecule has 0 fully saturated rings. The molecule has 0 aliphatic heterocycles. The van der Waals surface area contributed by atoms with Crippen LogP contribution in [-0.4, -0.2) is 4.57 Å². The molecular weight excluding hydrogens is 255 g/mol. The highest BCUT2D eigenvalue weighted by Gasteiger charge is 2.05. The maximum absolute atomic E-state index is 13.4. The summed E-state index contributed by atoms with van der Waals surface area (Å²) in [5.41, 5.74) is 7.36. The highest BCUT2D eigenvalue weighted by molar-refractivity contribution is 5.78. The number of nitrogens with two attached hydrogens (primary N) is 1. The van der Waals surface area contributed by atoms with E-state index in [2.05, 4.69) is 0 Å². The van der Waals surface area contributed by atoms with Crippen molar-refractivity contribution in [3.8, 4) is 0 Å². The fourth-order valence-electron chi connectivity index (χ4n) is 2.36. The lowest BCUT2D eigenvalue weighted by Gasteiger charge is -2.10. The third-order valence-electron chi connectivity index (χ3n) is 3.22. The Bertz CT molecular complexity index is 819. The molecule has 0 amide bonds. The number of benzene rings is 2. The number of hydrogen-bond acceptors (Lipinski definition) is 2. The van der Waals surface area contributed by atoms with Crippen LogP contribution < -0.4 is 11.3 Å². The van der Waals surface area contributed by atoms with E-state index >= 15 is 0 Å². The number of para-hydroxylation sites is 1. The number of aromatic nitrogens is 1. The second-order valence-electron chi connectivity index (χ2n) is 4.71. The molecule has 100 valence electrons. The van der Waals surface area contributed by atoms with E-state index in [0.29, 0.717) is 17.8 Å². The minimum absolute atomic E-state index is 0.119. The van der Waals surface area contributed by atoms with Gasteiger partial charge in [0.2, 0.25) is 0 Å². The van der Waals surface area contributed by atoms with Crippen LogP contribution in [0.4, 0.5) is 10.1 Å². The van der Waals surface area contributed by atoms with Gasteiger partial charge in [-0.1, -0.05) is 18.2 Å². The average Bonchev–Trinajstić information content (AvgIpc) is 2.41. The van der Waals surface area contributed by atoms with Gasteiger partial charge < -0.3 is 10.3 Å². The first kappa shape index (κ1) is 12.4. The lowest BCUT2D eigenvalue weighted by atomic mass is 10.1. The van der Waals surface area contributed by atoms with Crippen LogP contribution in [0.5, 0.6) is 0 Å². The second kappa shape index (κ2) is 4.81. The van der Waals surface area contributed by atoms with Crippen LogP contribution in [0.1, 0.15) is 5.56 Å². The molecule has 0 atom stereocenters. The zero-order chi connectivity index (χ0) is 14.1. The minimum atomic E-state index is -0.395. The van der Waals surface area contributed by atoms with Gasteiger partial charge >= 0.3 is 0 Å². The van der Waals surface area contributed by atoms with Gasteiger partial charge in [-0.25, -0.2) is 4.39 Å². The number of hydrogen-bond donors (Lipinski definition) is 1. The molecule has 3 rings (SSSR count). The normalized spacial score (nSPS) is 10.8. The molecule has 0 spiro atoms. The molecule has 0 unspecified atom stereocenters. The summed E-state index contributed by atoms with van der Waals surface area (Å²) in [6.07, 6.45) is 0. The summed E-state index contributed by atoms with van der Waals surface area (Å²) in [4.78, 5) is 12.0. The third kappa shape index (κ3) is 2.28. The van der Waals surface area contributed by atoms with Crippen molar-refractivity contribution in [2.75, 3.05) is 5.73 Å². The van der Waals surface area contributed by atoms with Gasteiger partial charge in [-0.15, -0.1) is 0 Å². The van der Waals surface area contributed by atoms with E-state index < -0.39 is 5.82 Å². The molecule has 0 saturated carbocycles. The highest BCUT2D eigenvalue weighted by atomic mass is 19.1. The average molecular weight is 268 g/mol. The molecule has 1 aromatic heterocycles. The van der Waals surface area contributed by atoms with E-state index in [1.807, 2.05) is 24.3 Å². The fourth-order valence-corrected chi connectivity index (χ4v) is 2.36. The van der Waals surface area contributed by atoms with E-state index in [0.717, 1.165) is 10.9 Å². The maximum Gasteiger partial charge on any atom is 0.251 e. The minimum Gasteiger partial charge on any atom is -0.399 e. The number of rotatable bonds is 2. The monoisotopic (exact) mass is 268 g/mol. The molecule has 0 bridgehead atoms. The molecule has 0 radical (unpaired) electrons. The molecular formula is C16H13FN2O. The lowest BCUT2D eigenvalue weighted by molar-refractivity contribution is 0.624. The lowest BCUT2D eigenvalue weighted by Crippen LogP contribution is -2.20. The Labute approximate surface area is 115 Å².